The van der Waals surface area contributed by atoms with Gasteiger partial charge in [0.2, 0.25) is 10.0 Å². The van der Waals surface area contributed by atoms with E-state index in [4.69, 9.17) is 0 Å². The van der Waals surface area contributed by atoms with Crippen molar-refractivity contribution in [3.05, 3.63) is 29.8 Å². The lowest BCUT2D eigenvalue weighted by Gasteiger charge is -2.27. The van der Waals surface area contributed by atoms with Gasteiger partial charge in [-0.05, 0) is 31.4 Å². The molecule has 1 aromatic rings. The van der Waals surface area contributed by atoms with Crippen LogP contribution in [0.1, 0.15) is 64.9 Å². The highest BCUT2D eigenvalue weighted by Crippen LogP contribution is 2.21. The summed E-state index contributed by atoms with van der Waals surface area (Å²) in [6, 6.07) is 6.40. The van der Waals surface area contributed by atoms with Crippen LogP contribution < -0.4 is 4.72 Å². The molecule has 0 fully saturated rings. The standard InChI is InChI=1S/C20H33NO3S/c1-5-6-7-8-9-10-18(15-22)20(16(2)3)21-25(23,24)19-13-11-17(4)12-14-19/h11-16,18,20-21H,5-10H2,1-4H3/t18-,20+/m0/s1. The molecule has 0 unspecified atom stereocenters. The van der Waals surface area contributed by atoms with Crippen molar-refractivity contribution in [2.45, 2.75) is 77.2 Å². The average Bonchev–Trinajstić information content (AvgIpc) is 2.57. The number of aryl methyl sites for hydroxylation is 1. The van der Waals surface area contributed by atoms with E-state index in [2.05, 4.69) is 11.6 Å². The summed E-state index contributed by atoms with van der Waals surface area (Å²) in [4.78, 5) is 11.8. The van der Waals surface area contributed by atoms with E-state index in [1.54, 1.807) is 24.3 Å². The topological polar surface area (TPSA) is 63.2 Å². The van der Waals surface area contributed by atoms with Gasteiger partial charge in [-0.25, -0.2) is 13.1 Å². The molecular weight excluding hydrogens is 334 g/mol. The van der Waals surface area contributed by atoms with Crippen LogP contribution in [0.5, 0.6) is 0 Å². The molecule has 0 bridgehead atoms. The fourth-order valence-electron chi connectivity index (χ4n) is 3.00. The Balaban J connectivity index is 2.79. The molecule has 1 rings (SSSR count). The molecule has 0 heterocycles. The number of nitrogens with one attached hydrogen (secondary N) is 1. The lowest BCUT2D eigenvalue weighted by atomic mass is 9.88. The first-order valence-corrected chi connectivity index (χ1v) is 10.8. The maximum atomic E-state index is 12.7. The van der Waals surface area contributed by atoms with Crippen molar-refractivity contribution in [3.8, 4) is 0 Å². The van der Waals surface area contributed by atoms with Crippen molar-refractivity contribution in [1.82, 2.24) is 4.72 Å². The minimum Gasteiger partial charge on any atom is -0.303 e. The zero-order chi connectivity index (χ0) is 18.9. The molecule has 0 aliphatic rings. The van der Waals surface area contributed by atoms with Crippen LogP contribution >= 0.6 is 0 Å². The van der Waals surface area contributed by atoms with Crippen molar-refractivity contribution >= 4 is 16.3 Å². The van der Waals surface area contributed by atoms with Crippen LogP contribution in [-0.4, -0.2) is 20.7 Å². The summed E-state index contributed by atoms with van der Waals surface area (Å²) in [5.41, 5.74) is 1.01. The van der Waals surface area contributed by atoms with Gasteiger partial charge in [-0.15, -0.1) is 0 Å². The molecule has 0 saturated heterocycles. The summed E-state index contributed by atoms with van der Waals surface area (Å²) in [6.45, 7) is 8.00. The molecule has 0 aliphatic heterocycles. The molecule has 0 radical (unpaired) electrons. The van der Waals surface area contributed by atoms with Crippen LogP contribution in [0, 0.1) is 18.8 Å². The molecule has 0 aromatic heterocycles. The van der Waals surface area contributed by atoms with Crippen LogP contribution in [0.4, 0.5) is 0 Å². The molecular formula is C20H33NO3S. The highest BCUT2D eigenvalue weighted by Gasteiger charge is 2.29. The maximum absolute atomic E-state index is 12.7. The summed E-state index contributed by atoms with van der Waals surface area (Å²) in [5, 5.41) is 0. The van der Waals surface area contributed by atoms with Gasteiger partial charge in [-0.2, -0.15) is 0 Å². The number of sulfonamides is 1. The fraction of sp³-hybridized carbons (Fsp3) is 0.650. The SMILES string of the molecule is CCCCCCC[C@@H](C=O)[C@H](NS(=O)(=O)c1ccc(C)cc1)C(C)C. The molecule has 0 saturated carbocycles. The first-order chi connectivity index (χ1) is 11.8. The normalized spacial score (nSPS) is 14.4. The zero-order valence-electron chi connectivity index (χ0n) is 16.0. The lowest BCUT2D eigenvalue weighted by Crippen LogP contribution is -2.44. The largest absolute Gasteiger partial charge is 0.303 e. The molecule has 25 heavy (non-hydrogen) atoms. The number of hydrogen-bond acceptors (Lipinski definition) is 3. The van der Waals surface area contributed by atoms with Gasteiger partial charge in [-0.1, -0.05) is 70.6 Å². The minimum absolute atomic E-state index is 0.0473. The van der Waals surface area contributed by atoms with Crippen molar-refractivity contribution in [3.63, 3.8) is 0 Å². The van der Waals surface area contributed by atoms with E-state index < -0.39 is 10.0 Å². The van der Waals surface area contributed by atoms with Crippen LogP contribution in [0.3, 0.4) is 0 Å². The molecule has 5 heteroatoms. The molecule has 0 spiro atoms. The summed E-state index contributed by atoms with van der Waals surface area (Å²) in [5.74, 6) is -0.243. The predicted molar refractivity (Wildman–Crippen MR) is 103 cm³/mol. The van der Waals surface area contributed by atoms with Gasteiger partial charge in [-0.3, -0.25) is 0 Å². The third-order valence-corrected chi connectivity index (χ3v) is 6.09. The van der Waals surface area contributed by atoms with E-state index in [1.165, 1.54) is 19.3 Å². The highest BCUT2D eigenvalue weighted by atomic mass is 32.2. The average molecular weight is 368 g/mol. The molecule has 1 N–H and O–H groups in total. The number of unbranched alkanes of at least 4 members (excludes halogenated alkanes) is 4. The van der Waals surface area contributed by atoms with Gasteiger partial charge in [0.15, 0.2) is 0 Å². The Morgan fingerprint density at radius 1 is 1.04 bits per heavy atom. The Bertz CT molecular complexity index is 608. The number of carbonyl (C=O) groups excluding carboxylic acids is 1. The third-order valence-electron chi connectivity index (χ3n) is 4.62. The Kier molecular flexibility index (Phi) is 9.36. The number of hydrogen-bond donors (Lipinski definition) is 1. The van der Waals surface area contributed by atoms with Gasteiger partial charge in [0.1, 0.15) is 6.29 Å². The van der Waals surface area contributed by atoms with Crippen LogP contribution in [0.2, 0.25) is 0 Å². The smallest absolute Gasteiger partial charge is 0.240 e. The lowest BCUT2D eigenvalue weighted by molar-refractivity contribution is -0.112. The number of aldehydes is 1. The summed E-state index contributed by atoms with van der Waals surface area (Å²) >= 11 is 0. The van der Waals surface area contributed by atoms with Crippen molar-refractivity contribution < 1.29 is 13.2 Å². The van der Waals surface area contributed by atoms with Crippen LogP contribution in [0.25, 0.3) is 0 Å². The Morgan fingerprint density at radius 3 is 2.16 bits per heavy atom. The molecule has 4 nitrogen and oxygen atoms in total. The first-order valence-electron chi connectivity index (χ1n) is 9.36. The van der Waals surface area contributed by atoms with Gasteiger partial charge >= 0.3 is 0 Å². The monoisotopic (exact) mass is 367 g/mol. The molecule has 2 atom stereocenters. The van der Waals surface area contributed by atoms with E-state index in [1.807, 2.05) is 20.8 Å². The second-order valence-corrected chi connectivity index (χ2v) is 8.92. The number of rotatable bonds is 12. The zero-order valence-corrected chi connectivity index (χ0v) is 16.8. The Morgan fingerprint density at radius 2 is 1.64 bits per heavy atom. The second-order valence-electron chi connectivity index (χ2n) is 7.21. The number of benzene rings is 1. The van der Waals surface area contributed by atoms with E-state index in [-0.39, 0.29) is 22.8 Å². The fourth-order valence-corrected chi connectivity index (χ4v) is 4.43. The van der Waals surface area contributed by atoms with Gasteiger partial charge in [0.05, 0.1) is 4.90 Å². The summed E-state index contributed by atoms with van der Waals surface area (Å²) in [7, 11) is -3.62. The Labute approximate surface area is 153 Å². The second kappa shape index (κ2) is 10.7. The number of carbonyl (C=O) groups is 1. The molecule has 1 aromatic carbocycles. The van der Waals surface area contributed by atoms with Crippen molar-refractivity contribution in [2.75, 3.05) is 0 Å². The minimum atomic E-state index is -3.62. The van der Waals surface area contributed by atoms with Gasteiger partial charge < -0.3 is 4.79 Å². The van der Waals surface area contributed by atoms with Crippen LogP contribution in [0.15, 0.2) is 29.2 Å². The van der Waals surface area contributed by atoms with E-state index in [9.17, 15) is 13.2 Å². The third kappa shape index (κ3) is 7.28. The molecule has 0 amide bonds. The van der Waals surface area contributed by atoms with Gasteiger partial charge in [0.25, 0.3) is 0 Å². The highest BCUT2D eigenvalue weighted by molar-refractivity contribution is 7.89. The van der Waals surface area contributed by atoms with Crippen molar-refractivity contribution in [1.29, 1.82) is 0 Å². The maximum Gasteiger partial charge on any atom is 0.240 e. The molecule has 0 aliphatic carbocycles. The van der Waals surface area contributed by atoms with E-state index in [0.29, 0.717) is 0 Å². The van der Waals surface area contributed by atoms with Crippen LogP contribution in [-0.2, 0) is 14.8 Å². The Hall–Kier alpha value is -1.20. The predicted octanol–water partition coefficient (Wildman–Crippen LogP) is 4.47. The van der Waals surface area contributed by atoms with E-state index in [0.717, 1.165) is 31.1 Å². The first kappa shape index (κ1) is 21.8. The van der Waals surface area contributed by atoms with E-state index >= 15 is 0 Å². The van der Waals surface area contributed by atoms with Crippen molar-refractivity contribution in [2.24, 2.45) is 11.8 Å². The quantitative estimate of drug-likeness (QED) is 0.438. The molecule has 142 valence electrons. The summed E-state index contributed by atoms with van der Waals surface area (Å²) in [6.07, 6.45) is 7.26. The summed E-state index contributed by atoms with van der Waals surface area (Å²) < 4.78 is 28.1. The van der Waals surface area contributed by atoms with Gasteiger partial charge in [0, 0.05) is 12.0 Å².